The Labute approximate surface area is 158 Å². The number of hydrogen-bond donors (Lipinski definition) is 0. The van der Waals surface area contributed by atoms with Gasteiger partial charge in [0.15, 0.2) is 5.76 Å². The van der Waals surface area contributed by atoms with Gasteiger partial charge in [-0.15, -0.1) is 0 Å². The number of carbonyl (C=O) groups is 1. The lowest BCUT2D eigenvalue weighted by Crippen LogP contribution is -2.49. The molecule has 1 amide bonds. The average molecular weight is 361 g/mol. The Morgan fingerprint density at radius 1 is 1.07 bits per heavy atom. The number of fused-ring (bicyclic) bond motifs is 2. The molecule has 0 bridgehead atoms. The number of piperazine rings is 1. The van der Waals surface area contributed by atoms with Gasteiger partial charge in [-0.3, -0.25) is 4.79 Å². The van der Waals surface area contributed by atoms with Gasteiger partial charge in [0.25, 0.3) is 5.91 Å². The highest BCUT2D eigenvalue weighted by Gasteiger charge is 2.25. The van der Waals surface area contributed by atoms with Crippen molar-refractivity contribution in [1.29, 1.82) is 0 Å². The normalized spacial score (nSPS) is 16.8. The second-order valence-electron chi connectivity index (χ2n) is 7.55. The standard InChI is InChI=1S/C22H23N3O2/c1-15-12-21(23-19-14-17-5-2-4-16(17)13-18(15)19)24-7-9-25(10-8-24)22(26)20-6-3-11-27-20/h3,6,11-14H,2,4-5,7-10H2,1H3. The van der Waals surface area contributed by atoms with E-state index < -0.39 is 0 Å². The van der Waals surface area contributed by atoms with E-state index in [0.717, 1.165) is 24.4 Å². The summed E-state index contributed by atoms with van der Waals surface area (Å²) >= 11 is 0. The van der Waals surface area contributed by atoms with Crippen molar-refractivity contribution in [2.24, 2.45) is 0 Å². The molecule has 27 heavy (non-hydrogen) atoms. The van der Waals surface area contributed by atoms with Crippen molar-refractivity contribution in [2.75, 3.05) is 31.1 Å². The fourth-order valence-electron chi connectivity index (χ4n) is 4.30. The van der Waals surface area contributed by atoms with Gasteiger partial charge in [0.2, 0.25) is 0 Å². The molecule has 3 aromatic rings. The van der Waals surface area contributed by atoms with Crippen LogP contribution in [0.15, 0.2) is 41.0 Å². The maximum atomic E-state index is 12.4. The number of carbonyl (C=O) groups excluding carboxylic acids is 1. The predicted molar refractivity (Wildman–Crippen MR) is 105 cm³/mol. The third-order valence-corrected chi connectivity index (χ3v) is 5.84. The van der Waals surface area contributed by atoms with Crippen molar-refractivity contribution >= 4 is 22.6 Å². The predicted octanol–water partition coefficient (Wildman–Crippen LogP) is 3.59. The molecule has 2 aliphatic rings. The molecule has 1 saturated heterocycles. The van der Waals surface area contributed by atoms with Crippen molar-refractivity contribution in [3.8, 4) is 0 Å². The minimum Gasteiger partial charge on any atom is -0.459 e. The molecule has 1 aromatic carbocycles. The van der Waals surface area contributed by atoms with Crippen LogP contribution in [-0.2, 0) is 12.8 Å². The summed E-state index contributed by atoms with van der Waals surface area (Å²) in [6.45, 7) is 5.11. The van der Waals surface area contributed by atoms with Crippen LogP contribution in [0.2, 0.25) is 0 Å². The van der Waals surface area contributed by atoms with Crippen LogP contribution in [0.4, 0.5) is 5.82 Å². The number of rotatable bonds is 2. The van der Waals surface area contributed by atoms with E-state index in [-0.39, 0.29) is 5.91 Å². The number of amides is 1. The van der Waals surface area contributed by atoms with Crippen molar-refractivity contribution in [1.82, 2.24) is 9.88 Å². The number of aromatic nitrogens is 1. The molecule has 0 spiro atoms. The average Bonchev–Trinajstić information content (AvgIpc) is 3.37. The summed E-state index contributed by atoms with van der Waals surface area (Å²) in [6, 6.07) is 10.3. The largest absolute Gasteiger partial charge is 0.459 e. The molecule has 138 valence electrons. The molecule has 0 radical (unpaired) electrons. The van der Waals surface area contributed by atoms with Crippen LogP contribution in [0.3, 0.4) is 0 Å². The maximum Gasteiger partial charge on any atom is 0.289 e. The molecule has 3 heterocycles. The van der Waals surface area contributed by atoms with Crippen LogP contribution in [0, 0.1) is 6.92 Å². The quantitative estimate of drug-likeness (QED) is 0.700. The minimum atomic E-state index is -0.0298. The molecular formula is C22H23N3O2. The lowest BCUT2D eigenvalue weighted by atomic mass is 10.0. The van der Waals surface area contributed by atoms with Crippen LogP contribution in [0.25, 0.3) is 10.9 Å². The van der Waals surface area contributed by atoms with E-state index in [1.165, 1.54) is 41.3 Å². The van der Waals surface area contributed by atoms with Gasteiger partial charge in [0, 0.05) is 31.6 Å². The van der Waals surface area contributed by atoms with E-state index in [1.807, 2.05) is 4.90 Å². The Kier molecular flexibility index (Phi) is 3.88. The fourth-order valence-corrected chi connectivity index (χ4v) is 4.30. The second kappa shape index (κ2) is 6.41. The van der Waals surface area contributed by atoms with Gasteiger partial charge >= 0.3 is 0 Å². The summed E-state index contributed by atoms with van der Waals surface area (Å²) in [7, 11) is 0. The highest BCUT2D eigenvalue weighted by molar-refractivity contribution is 5.91. The minimum absolute atomic E-state index is 0.0298. The van der Waals surface area contributed by atoms with Crippen LogP contribution in [-0.4, -0.2) is 42.0 Å². The Bertz CT molecular complexity index is 1000. The van der Waals surface area contributed by atoms with Crippen LogP contribution in [0.5, 0.6) is 0 Å². The third kappa shape index (κ3) is 2.87. The number of hydrogen-bond acceptors (Lipinski definition) is 4. The van der Waals surface area contributed by atoms with Gasteiger partial charge in [-0.2, -0.15) is 0 Å². The lowest BCUT2D eigenvalue weighted by Gasteiger charge is -2.35. The summed E-state index contributed by atoms with van der Waals surface area (Å²) in [5.74, 6) is 1.40. The number of aryl methyl sites for hydroxylation is 3. The van der Waals surface area contributed by atoms with Gasteiger partial charge in [0.1, 0.15) is 5.82 Å². The first kappa shape index (κ1) is 16.4. The molecule has 1 aliphatic heterocycles. The van der Waals surface area contributed by atoms with E-state index in [4.69, 9.17) is 9.40 Å². The molecule has 5 nitrogen and oxygen atoms in total. The zero-order chi connectivity index (χ0) is 18.4. The van der Waals surface area contributed by atoms with Crippen molar-refractivity contribution in [2.45, 2.75) is 26.2 Å². The molecular weight excluding hydrogens is 338 g/mol. The molecule has 1 aliphatic carbocycles. The Hall–Kier alpha value is -2.82. The molecule has 0 saturated carbocycles. The second-order valence-corrected chi connectivity index (χ2v) is 7.55. The van der Waals surface area contributed by atoms with E-state index >= 15 is 0 Å². The summed E-state index contributed by atoms with van der Waals surface area (Å²) in [5.41, 5.74) is 5.32. The molecule has 1 fully saturated rings. The van der Waals surface area contributed by atoms with Gasteiger partial charge in [-0.1, -0.05) is 0 Å². The highest BCUT2D eigenvalue weighted by Crippen LogP contribution is 2.30. The number of anilines is 1. The maximum absolute atomic E-state index is 12.4. The summed E-state index contributed by atoms with van der Waals surface area (Å²) in [5, 5.41) is 1.27. The summed E-state index contributed by atoms with van der Waals surface area (Å²) < 4.78 is 5.24. The van der Waals surface area contributed by atoms with Crippen LogP contribution in [0.1, 0.15) is 33.7 Å². The summed E-state index contributed by atoms with van der Waals surface area (Å²) in [6.07, 6.45) is 5.16. The first-order valence-electron chi connectivity index (χ1n) is 9.70. The number of furan rings is 1. The molecule has 0 atom stereocenters. The number of pyridine rings is 1. The highest BCUT2D eigenvalue weighted by atomic mass is 16.3. The topological polar surface area (TPSA) is 49.6 Å². The lowest BCUT2D eigenvalue weighted by molar-refractivity contribution is 0.0714. The molecule has 0 unspecified atom stereocenters. The number of benzene rings is 1. The van der Waals surface area contributed by atoms with Crippen molar-refractivity contribution < 1.29 is 9.21 Å². The first-order valence-corrected chi connectivity index (χ1v) is 9.70. The molecule has 5 heteroatoms. The van der Waals surface area contributed by atoms with Crippen molar-refractivity contribution in [3.63, 3.8) is 0 Å². The molecule has 2 aromatic heterocycles. The monoisotopic (exact) mass is 361 g/mol. The Balaban J connectivity index is 1.37. The Morgan fingerprint density at radius 2 is 1.85 bits per heavy atom. The fraction of sp³-hybridized carbons (Fsp3) is 0.364. The number of nitrogens with zero attached hydrogens (tertiary/aromatic N) is 3. The molecule has 5 rings (SSSR count). The van der Waals surface area contributed by atoms with Crippen LogP contribution < -0.4 is 4.90 Å². The van der Waals surface area contributed by atoms with Gasteiger partial charge in [-0.25, -0.2) is 4.98 Å². The van der Waals surface area contributed by atoms with E-state index in [9.17, 15) is 4.79 Å². The van der Waals surface area contributed by atoms with Crippen molar-refractivity contribution in [3.05, 3.63) is 59.0 Å². The van der Waals surface area contributed by atoms with E-state index in [1.54, 1.807) is 18.4 Å². The van der Waals surface area contributed by atoms with Gasteiger partial charge < -0.3 is 14.2 Å². The van der Waals surface area contributed by atoms with Gasteiger partial charge in [0.05, 0.1) is 11.8 Å². The smallest absolute Gasteiger partial charge is 0.289 e. The third-order valence-electron chi connectivity index (χ3n) is 5.84. The zero-order valence-corrected chi connectivity index (χ0v) is 15.6. The van der Waals surface area contributed by atoms with E-state index in [2.05, 4.69) is 30.0 Å². The Morgan fingerprint density at radius 3 is 2.59 bits per heavy atom. The van der Waals surface area contributed by atoms with Gasteiger partial charge in [-0.05, 0) is 73.2 Å². The molecule has 0 N–H and O–H groups in total. The van der Waals surface area contributed by atoms with Crippen LogP contribution >= 0.6 is 0 Å². The first-order chi connectivity index (χ1) is 13.2. The summed E-state index contributed by atoms with van der Waals surface area (Å²) in [4.78, 5) is 21.5. The zero-order valence-electron chi connectivity index (χ0n) is 15.6. The SMILES string of the molecule is Cc1cc(N2CCN(C(=O)c3ccco3)CC2)nc2cc3c(cc12)CCC3. The van der Waals surface area contributed by atoms with E-state index in [0.29, 0.717) is 18.8 Å².